The number of rotatable bonds is 15. The van der Waals surface area contributed by atoms with Crippen molar-refractivity contribution in [2.75, 3.05) is 18.5 Å². The summed E-state index contributed by atoms with van der Waals surface area (Å²) < 4.78 is 5.30. The summed E-state index contributed by atoms with van der Waals surface area (Å²) in [6.07, 6.45) is 1.07. The van der Waals surface area contributed by atoms with Crippen LogP contribution in [-0.2, 0) is 20.7 Å². The minimum atomic E-state index is -1.35. The van der Waals surface area contributed by atoms with Crippen LogP contribution in [-0.4, -0.2) is 51.1 Å². The number of Topliss-reactive ketones (excluding diaryl/α,β-unsaturated/α-hetero) is 1. The Hall–Kier alpha value is -2.88. The average Bonchev–Trinajstić information content (AvgIpc) is 2.78. The maximum atomic E-state index is 13.2. The van der Waals surface area contributed by atoms with Gasteiger partial charge in [0.05, 0.1) is 12.6 Å². The van der Waals surface area contributed by atoms with Gasteiger partial charge in [0, 0.05) is 32.6 Å². The quantitative estimate of drug-likeness (QED) is 0.202. The normalized spacial score (nSPS) is 13.0. The first kappa shape index (κ1) is 31.1. The lowest BCUT2D eigenvalue weighted by Gasteiger charge is -2.24. The maximum absolute atomic E-state index is 13.2. The predicted molar refractivity (Wildman–Crippen MR) is 146 cm³/mol. The van der Waals surface area contributed by atoms with Gasteiger partial charge in [0.2, 0.25) is 5.91 Å². The Kier molecular flexibility index (Phi) is 13.2. The molecule has 0 aliphatic heterocycles. The molecule has 0 radical (unpaired) electrons. The third-order valence-electron chi connectivity index (χ3n) is 5.85. The molecule has 0 fully saturated rings. The third kappa shape index (κ3) is 12.7. The number of aryl methyl sites for hydroxylation is 1. The van der Waals surface area contributed by atoms with Gasteiger partial charge >= 0.3 is 12.1 Å². The molecule has 0 saturated carbocycles. The van der Waals surface area contributed by atoms with E-state index in [1.165, 1.54) is 0 Å². The highest BCUT2D eigenvalue weighted by molar-refractivity contribution is 6.76. The van der Waals surface area contributed by atoms with Crippen LogP contribution >= 0.6 is 0 Å². The van der Waals surface area contributed by atoms with E-state index in [1.54, 1.807) is 0 Å². The highest BCUT2D eigenvalue weighted by atomic mass is 28.3. The smallest absolute Gasteiger partial charge is 0.407 e. The van der Waals surface area contributed by atoms with Crippen molar-refractivity contribution in [3.8, 4) is 0 Å². The molecule has 0 spiro atoms. The molecule has 0 unspecified atom stereocenters. The van der Waals surface area contributed by atoms with Crippen molar-refractivity contribution in [1.29, 1.82) is 0 Å². The number of hydrogen-bond acceptors (Lipinski definition) is 5. The molecule has 1 aromatic carbocycles. The summed E-state index contributed by atoms with van der Waals surface area (Å²) in [6.45, 7) is 12.9. The maximum Gasteiger partial charge on any atom is 0.407 e. The number of nitrogens with two attached hydrogens (primary N) is 1. The summed E-state index contributed by atoms with van der Waals surface area (Å²) >= 11 is 0. The molecule has 0 saturated heterocycles. The van der Waals surface area contributed by atoms with E-state index in [0.717, 1.165) is 18.0 Å². The molecule has 9 nitrogen and oxygen atoms in total. The van der Waals surface area contributed by atoms with Crippen molar-refractivity contribution < 1.29 is 23.9 Å². The summed E-state index contributed by atoms with van der Waals surface area (Å²) in [5.41, 5.74) is 6.92. The molecule has 5 N–H and O–H groups in total. The van der Waals surface area contributed by atoms with Gasteiger partial charge in [-0.15, -0.1) is 0 Å². The molecular weight excluding hydrogens is 476 g/mol. The number of primary amides is 1. The van der Waals surface area contributed by atoms with Crippen molar-refractivity contribution in [3.05, 3.63) is 29.8 Å². The van der Waals surface area contributed by atoms with Gasteiger partial charge in [0.1, 0.15) is 0 Å². The summed E-state index contributed by atoms with van der Waals surface area (Å²) in [7, 11) is -1.35. The summed E-state index contributed by atoms with van der Waals surface area (Å²) in [4.78, 5) is 49.6. The Morgan fingerprint density at radius 2 is 1.69 bits per heavy atom. The molecule has 36 heavy (non-hydrogen) atoms. The zero-order valence-electron chi connectivity index (χ0n) is 22.6. The second-order valence-electron chi connectivity index (χ2n) is 10.7. The van der Waals surface area contributed by atoms with Crippen LogP contribution < -0.4 is 21.7 Å². The van der Waals surface area contributed by atoms with Crippen molar-refractivity contribution >= 4 is 37.6 Å². The molecule has 0 aliphatic carbocycles. The van der Waals surface area contributed by atoms with Crippen LogP contribution in [0.4, 0.5) is 15.3 Å². The number of benzene rings is 1. The number of amides is 4. The Morgan fingerprint density at radius 3 is 2.22 bits per heavy atom. The molecule has 1 rings (SSSR count). The summed E-state index contributed by atoms with van der Waals surface area (Å²) in [5, 5.41) is 8.08. The molecular formula is C26H44N4O5Si. The Morgan fingerprint density at radius 1 is 1.06 bits per heavy atom. The lowest BCUT2D eigenvalue weighted by atomic mass is 9.89. The molecule has 0 bridgehead atoms. The van der Waals surface area contributed by atoms with Crippen molar-refractivity contribution in [2.45, 2.75) is 78.2 Å². The van der Waals surface area contributed by atoms with Gasteiger partial charge in [-0.3, -0.25) is 9.59 Å². The number of carbonyl (C=O) groups is 4. The fourth-order valence-corrected chi connectivity index (χ4v) is 4.28. The van der Waals surface area contributed by atoms with Crippen LogP contribution in [0.25, 0.3) is 0 Å². The van der Waals surface area contributed by atoms with E-state index in [1.807, 2.05) is 38.1 Å². The van der Waals surface area contributed by atoms with Gasteiger partial charge in [-0.25, -0.2) is 9.59 Å². The summed E-state index contributed by atoms with van der Waals surface area (Å²) in [5.74, 6) is -1.34. The highest BCUT2D eigenvalue weighted by Crippen LogP contribution is 2.19. The molecule has 2 atom stereocenters. The van der Waals surface area contributed by atoms with E-state index in [4.69, 9.17) is 10.5 Å². The number of hydrogen-bond donors (Lipinski definition) is 4. The first-order chi connectivity index (χ1) is 16.8. The first-order valence-corrected chi connectivity index (χ1v) is 16.4. The largest absolute Gasteiger partial charge is 0.450 e. The SMILES string of the molecule is CCc1ccc(NC(=O)[C@H](CCCNC(N)=O)CC(=O)[C@@H](NC(=O)OCC[Si](C)(C)C)C(C)C)cc1. The molecule has 0 aromatic heterocycles. The molecule has 0 aliphatic rings. The fourth-order valence-electron chi connectivity index (χ4n) is 3.56. The van der Waals surface area contributed by atoms with E-state index in [0.29, 0.717) is 31.7 Å². The molecule has 10 heteroatoms. The average molecular weight is 521 g/mol. The van der Waals surface area contributed by atoms with Crippen LogP contribution in [0.1, 0.15) is 45.6 Å². The number of nitrogens with one attached hydrogen (secondary N) is 3. The van der Waals surface area contributed by atoms with E-state index < -0.39 is 32.2 Å². The van der Waals surface area contributed by atoms with Gasteiger partial charge in [-0.2, -0.15) is 0 Å². The Labute approximate surface area is 216 Å². The monoisotopic (exact) mass is 520 g/mol. The van der Waals surface area contributed by atoms with Crippen LogP contribution in [0.5, 0.6) is 0 Å². The van der Waals surface area contributed by atoms with Crippen molar-refractivity contribution in [2.24, 2.45) is 17.6 Å². The lowest BCUT2D eigenvalue weighted by molar-refractivity contribution is -0.128. The minimum Gasteiger partial charge on any atom is -0.450 e. The third-order valence-corrected chi connectivity index (χ3v) is 7.55. The molecule has 0 heterocycles. The first-order valence-electron chi connectivity index (χ1n) is 12.7. The highest BCUT2D eigenvalue weighted by Gasteiger charge is 2.30. The van der Waals surface area contributed by atoms with Crippen molar-refractivity contribution in [3.63, 3.8) is 0 Å². The van der Waals surface area contributed by atoms with Crippen molar-refractivity contribution in [1.82, 2.24) is 10.6 Å². The van der Waals surface area contributed by atoms with E-state index in [9.17, 15) is 19.2 Å². The van der Waals surface area contributed by atoms with Gasteiger partial charge in [-0.05, 0) is 48.9 Å². The lowest BCUT2D eigenvalue weighted by Crippen LogP contribution is -2.46. The summed E-state index contributed by atoms with van der Waals surface area (Å²) in [6, 6.07) is 6.98. The minimum absolute atomic E-state index is 0.0481. The van der Waals surface area contributed by atoms with E-state index >= 15 is 0 Å². The second kappa shape index (κ2) is 15.3. The van der Waals surface area contributed by atoms with Crippen LogP contribution in [0, 0.1) is 11.8 Å². The zero-order valence-corrected chi connectivity index (χ0v) is 23.6. The van der Waals surface area contributed by atoms with Gasteiger partial charge < -0.3 is 26.4 Å². The van der Waals surface area contributed by atoms with Gasteiger partial charge in [0.25, 0.3) is 0 Å². The fraction of sp³-hybridized carbons (Fsp3) is 0.615. The predicted octanol–water partition coefficient (Wildman–Crippen LogP) is 4.30. The second-order valence-corrected chi connectivity index (χ2v) is 16.3. The van der Waals surface area contributed by atoms with Gasteiger partial charge in [-0.1, -0.05) is 52.5 Å². The number of carbonyl (C=O) groups excluding carboxylic acids is 4. The number of ketones is 1. The Balaban J connectivity index is 2.86. The van der Waals surface area contributed by atoms with Crippen LogP contribution in [0.3, 0.4) is 0 Å². The van der Waals surface area contributed by atoms with Crippen LogP contribution in [0.15, 0.2) is 24.3 Å². The van der Waals surface area contributed by atoms with E-state index in [2.05, 4.69) is 42.5 Å². The standard InChI is InChI=1S/C26H44N4O5Si/c1-7-19-10-12-21(13-11-19)29-24(32)20(9-8-14-28-25(27)33)17-22(31)23(18(2)3)30-26(34)35-15-16-36(4,5)6/h10-13,18,20,23H,7-9,14-17H2,1-6H3,(H,29,32)(H,30,34)(H3,27,28,33)/t20-,23+/m1/s1. The molecule has 202 valence electrons. The number of anilines is 1. The Bertz CT molecular complexity index is 868. The molecule has 1 aromatic rings. The zero-order chi connectivity index (χ0) is 27.3. The topological polar surface area (TPSA) is 140 Å². The number of urea groups is 1. The number of ether oxygens (including phenoxy) is 1. The van der Waals surface area contributed by atoms with E-state index in [-0.39, 0.29) is 24.0 Å². The van der Waals surface area contributed by atoms with Gasteiger partial charge in [0.15, 0.2) is 5.78 Å². The van der Waals surface area contributed by atoms with Crippen LogP contribution in [0.2, 0.25) is 25.7 Å². The molecule has 4 amide bonds. The number of alkyl carbamates (subject to hydrolysis) is 1.